The van der Waals surface area contributed by atoms with Gasteiger partial charge in [0.05, 0.1) is 12.7 Å². The van der Waals surface area contributed by atoms with Crippen LogP contribution in [-0.2, 0) is 6.54 Å². The third-order valence-corrected chi connectivity index (χ3v) is 2.91. The molecule has 0 unspecified atom stereocenters. The Morgan fingerprint density at radius 1 is 0.947 bits per heavy atom. The Morgan fingerprint density at radius 2 is 1.68 bits per heavy atom. The normalized spacial score (nSPS) is 10.5. The molecule has 2 aromatic carbocycles. The molecule has 94 valence electrons. The van der Waals surface area contributed by atoms with Gasteiger partial charge in [-0.15, -0.1) is 5.10 Å². The topological polar surface area (TPSA) is 50.9 Å². The van der Waals surface area contributed by atoms with E-state index in [-0.39, 0.29) is 5.75 Å². The third kappa shape index (κ3) is 2.47. The van der Waals surface area contributed by atoms with Crippen molar-refractivity contribution < 1.29 is 5.11 Å². The molecule has 1 aromatic heterocycles. The lowest BCUT2D eigenvalue weighted by atomic mass is 10.1. The number of hydrogen-bond acceptors (Lipinski definition) is 3. The molecule has 0 saturated heterocycles. The lowest BCUT2D eigenvalue weighted by molar-refractivity contribution is 0.477. The molecular formula is C15H13N3O. The van der Waals surface area contributed by atoms with Crippen LogP contribution in [0.3, 0.4) is 0 Å². The Balaban J connectivity index is 1.86. The summed E-state index contributed by atoms with van der Waals surface area (Å²) in [4.78, 5) is 0. The zero-order chi connectivity index (χ0) is 13.1. The van der Waals surface area contributed by atoms with Gasteiger partial charge in [0.15, 0.2) is 0 Å². The first-order valence-electron chi connectivity index (χ1n) is 6.05. The van der Waals surface area contributed by atoms with Crippen molar-refractivity contribution in [3.05, 3.63) is 66.4 Å². The van der Waals surface area contributed by atoms with Gasteiger partial charge in [0.1, 0.15) is 11.4 Å². The molecule has 0 saturated carbocycles. The average molecular weight is 251 g/mol. The van der Waals surface area contributed by atoms with Gasteiger partial charge in [-0.1, -0.05) is 47.7 Å². The number of phenols is 1. The fourth-order valence-electron chi connectivity index (χ4n) is 1.96. The van der Waals surface area contributed by atoms with Crippen molar-refractivity contribution >= 4 is 0 Å². The average Bonchev–Trinajstić information content (AvgIpc) is 2.89. The van der Waals surface area contributed by atoms with Crippen LogP contribution >= 0.6 is 0 Å². The molecule has 0 spiro atoms. The molecule has 4 nitrogen and oxygen atoms in total. The maximum Gasteiger partial charge on any atom is 0.125 e. The summed E-state index contributed by atoms with van der Waals surface area (Å²) in [5.41, 5.74) is 2.53. The second-order valence-corrected chi connectivity index (χ2v) is 4.30. The van der Waals surface area contributed by atoms with Crippen molar-refractivity contribution in [3.8, 4) is 17.0 Å². The van der Waals surface area contributed by atoms with Crippen LogP contribution in [0.4, 0.5) is 0 Å². The highest BCUT2D eigenvalue weighted by Crippen LogP contribution is 2.26. The van der Waals surface area contributed by atoms with Gasteiger partial charge in [0.2, 0.25) is 0 Å². The predicted octanol–water partition coefficient (Wildman–Crippen LogP) is 2.70. The van der Waals surface area contributed by atoms with Gasteiger partial charge >= 0.3 is 0 Å². The van der Waals surface area contributed by atoms with Gasteiger partial charge in [-0.25, -0.2) is 4.68 Å². The van der Waals surface area contributed by atoms with Crippen molar-refractivity contribution in [2.45, 2.75) is 6.54 Å². The Kier molecular flexibility index (Phi) is 2.98. The van der Waals surface area contributed by atoms with Crippen LogP contribution in [0.25, 0.3) is 11.3 Å². The molecule has 3 rings (SSSR count). The smallest absolute Gasteiger partial charge is 0.125 e. The Labute approximate surface area is 111 Å². The van der Waals surface area contributed by atoms with Crippen molar-refractivity contribution in [2.24, 2.45) is 0 Å². The Morgan fingerprint density at radius 3 is 2.47 bits per heavy atom. The quantitative estimate of drug-likeness (QED) is 0.778. The molecule has 0 radical (unpaired) electrons. The summed E-state index contributed by atoms with van der Waals surface area (Å²) in [7, 11) is 0. The van der Waals surface area contributed by atoms with E-state index in [2.05, 4.69) is 10.3 Å². The summed E-state index contributed by atoms with van der Waals surface area (Å²) < 4.78 is 1.76. The number of aromatic hydroxyl groups is 1. The number of rotatable bonds is 3. The van der Waals surface area contributed by atoms with Crippen LogP contribution in [-0.4, -0.2) is 20.1 Å². The van der Waals surface area contributed by atoms with Gasteiger partial charge < -0.3 is 5.11 Å². The lowest BCUT2D eigenvalue weighted by Gasteiger charge is -2.00. The van der Waals surface area contributed by atoms with Crippen LogP contribution in [0.2, 0.25) is 0 Å². The maximum atomic E-state index is 9.79. The van der Waals surface area contributed by atoms with Crippen LogP contribution in [0, 0.1) is 0 Å². The van der Waals surface area contributed by atoms with E-state index >= 15 is 0 Å². The van der Waals surface area contributed by atoms with E-state index in [1.807, 2.05) is 48.7 Å². The standard InChI is InChI=1S/C15H13N3O/c19-15-9-5-4-8-13(15)14-11-18(17-16-14)10-12-6-2-1-3-7-12/h1-9,11,19H,10H2. The zero-order valence-corrected chi connectivity index (χ0v) is 10.3. The van der Waals surface area contributed by atoms with Gasteiger partial charge in [0, 0.05) is 5.56 Å². The fourth-order valence-corrected chi connectivity index (χ4v) is 1.96. The summed E-state index contributed by atoms with van der Waals surface area (Å²) >= 11 is 0. The highest BCUT2D eigenvalue weighted by molar-refractivity contribution is 5.65. The number of aromatic nitrogens is 3. The SMILES string of the molecule is Oc1ccccc1-c1cn(Cc2ccccc2)nn1. The first kappa shape index (κ1) is 11.5. The molecule has 0 amide bonds. The van der Waals surface area contributed by atoms with Crippen LogP contribution < -0.4 is 0 Å². The van der Waals surface area contributed by atoms with E-state index in [1.54, 1.807) is 16.8 Å². The molecule has 19 heavy (non-hydrogen) atoms. The molecular weight excluding hydrogens is 238 g/mol. The summed E-state index contributed by atoms with van der Waals surface area (Å²) in [5.74, 6) is 0.217. The van der Waals surface area contributed by atoms with E-state index in [1.165, 1.54) is 0 Å². The maximum absolute atomic E-state index is 9.79. The minimum absolute atomic E-state index is 0.217. The molecule has 1 N–H and O–H groups in total. The summed E-state index contributed by atoms with van der Waals surface area (Å²) in [6, 6.07) is 17.2. The summed E-state index contributed by atoms with van der Waals surface area (Å²) in [6.07, 6.45) is 1.84. The van der Waals surface area contributed by atoms with E-state index in [9.17, 15) is 5.11 Å². The number of para-hydroxylation sites is 1. The van der Waals surface area contributed by atoms with Gasteiger partial charge in [-0.2, -0.15) is 0 Å². The summed E-state index contributed by atoms with van der Waals surface area (Å²) in [6.45, 7) is 0.668. The first-order chi connectivity index (χ1) is 9.33. The minimum Gasteiger partial charge on any atom is -0.507 e. The van der Waals surface area contributed by atoms with Crippen LogP contribution in [0.5, 0.6) is 5.75 Å². The highest BCUT2D eigenvalue weighted by atomic mass is 16.3. The van der Waals surface area contributed by atoms with E-state index in [0.29, 0.717) is 17.8 Å². The lowest BCUT2D eigenvalue weighted by Crippen LogP contribution is -1.99. The zero-order valence-electron chi connectivity index (χ0n) is 10.3. The molecule has 4 heteroatoms. The second-order valence-electron chi connectivity index (χ2n) is 4.30. The molecule has 3 aromatic rings. The molecule has 0 aliphatic heterocycles. The largest absolute Gasteiger partial charge is 0.507 e. The number of benzene rings is 2. The van der Waals surface area contributed by atoms with Crippen LogP contribution in [0.15, 0.2) is 60.8 Å². The fraction of sp³-hybridized carbons (Fsp3) is 0.0667. The number of hydrogen-bond donors (Lipinski definition) is 1. The predicted molar refractivity (Wildman–Crippen MR) is 72.7 cm³/mol. The minimum atomic E-state index is 0.217. The first-order valence-corrected chi connectivity index (χ1v) is 6.05. The van der Waals surface area contributed by atoms with Gasteiger partial charge in [-0.05, 0) is 17.7 Å². The number of phenolic OH excluding ortho intramolecular Hbond substituents is 1. The van der Waals surface area contributed by atoms with E-state index in [0.717, 1.165) is 5.56 Å². The highest BCUT2D eigenvalue weighted by Gasteiger charge is 2.07. The van der Waals surface area contributed by atoms with Crippen LogP contribution in [0.1, 0.15) is 5.56 Å². The third-order valence-electron chi connectivity index (χ3n) is 2.91. The summed E-state index contributed by atoms with van der Waals surface area (Å²) in [5, 5.41) is 18.0. The van der Waals surface area contributed by atoms with Gasteiger partial charge in [0.25, 0.3) is 0 Å². The number of nitrogens with zero attached hydrogens (tertiary/aromatic N) is 3. The second kappa shape index (κ2) is 4.94. The van der Waals surface area contributed by atoms with Crippen molar-refractivity contribution in [2.75, 3.05) is 0 Å². The van der Waals surface area contributed by atoms with Crippen molar-refractivity contribution in [3.63, 3.8) is 0 Å². The van der Waals surface area contributed by atoms with Crippen molar-refractivity contribution in [1.29, 1.82) is 0 Å². The molecule has 1 heterocycles. The molecule has 0 bridgehead atoms. The van der Waals surface area contributed by atoms with E-state index < -0.39 is 0 Å². The molecule has 0 aliphatic rings. The Bertz CT molecular complexity index is 677. The van der Waals surface area contributed by atoms with E-state index in [4.69, 9.17) is 0 Å². The molecule has 0 fully saturated rings. The molecule has 0 aliphatic carbocycles. The van der Waals surface area contributed by atoms with Crippen molar-refractivity contribution in [1.82, 2.24) is 15.0 Å². The Hall–Kier alpha value is -2.62. The van der Waals surface area contributed by atoms with Gasteiger partial charge in [-0.3, -0.25) is 0 Å². The molecule has 0 atom stereocenters. The monoisotopic (exact) mass is 251 g/mol.